The molecule has 2 aromatic rings. The van der Waals surface area contributed by atoms with Crippen LogP contribution < -0.4 is 14.4 Å². The van der Waals surface area contributed by atoms with Crippen molar-refractivity contribution in [2.45, 2.75) is 62.4 Å². The van der Waals surface area contributed by atoms with Crippen molar-refractivity contribution < 1.29 is 22.5 Å². The van der Waals surface area contributed by atoms with E-state index in [1.807, 2.05) is 0 Å². The second-order valence-corrected chi connectivity index (χ2v) is 10.6. The van der Waals surface area contributed by atoms with Gasteiger partial charge in [0.05, 0.1) is 17.1 Å². The topological polar surface area (TPSA) is 118 Å². The number of ether oxygens (including phenoxy) is 1. The molecule has 1 atom stereocenters. The number of hydrogen-bond acceptors (Lipinski definition) is 8. The van der Waals surface area contributed by atoms with Crippen LogP contribution in [0.15, 0.2) is 27.6 Å². The van der Waals surface area contributed by atoms with Crippen LogP contribution in [-0.2, 0) is 21.4 Å². The Labute approximate surface area is 193 Å². The molecule has 11 heteroatoms. The van der Waals surface area contributed by atoms with Crippen LogP contribution in [0.1, 0.15) is 56.7 Å². The number of anilines is 1. The highest BCUT2D eigenvalue weighted by atomic mass is 32.2. The summed E-state index contributed by atoms with van der Waals surface area (Å²) in [5.41, 5.74) is 0.389. The Balaban J connectivity index is 1.34. The number of likely N-dealkylation sites (tertiary alicyclic amines) is 1. The van der Waals surface area contributed by atoms with Gasteiger partial charge in [0.25, 0.3) is 5.91 Å². The lowest BCUT2D eigenvalue weighted by molar-refractivity contribution is -0.121. The summed E-state index contributed by atoms with van der Waals surface area (Å²) in [5.74, 6) is 1.45. The third-order valence-corrected chi connectivity index (χ3v) is 8.26. The number of nitrogens with zero attached hydrogens (tertiary/aromatic N) is 4. The SMILES string of the molecule is CCN1CCC[C@H]1CNS(=O)(=O)c1ccc2c(c1)N(Cc1noc(C3CCC3)n1)C(=O)CO2. The minimum absolute atomic E-state index is 0.0915. The lowest BCUT2D eigenvalue weighted by Crippen LogP contribution is -2.40. The van der Waals surface area contributed by atoms with E-state index in [0.717, 1.165) is 45.2 Å². The maximum atomic E-state index is 13.0. The van der Waals surface area contributed by atoms with E-state index in [1.54, 1.807) is 6.07 Å². The van der Waals surface area contributed by atoms with Crippen LogP contribution in [-0.4, -0.2) is 61.6 Å². The van der Waals surface area contributed by atoms with Gasteiger partial charge in [0, 0.05) is 18.5 Å². The summed E-state index contributed by atoms with van der Waals surface area (Å²) in [4.78, 5) is 20.9. The molecule has 0 unspecified atom stereocenters. The Bertz CT molecular complexity index is 1130. The van der Waals surface area contributed by atoms with Gasteiger partial charge in [-0.2, -0.15) is 4.98 Å². The smallest absolute Gasteiger partial charge is 0.265 e. The number of amides is 1. The van der Waals surface area contributed by atoms with Crippen molar-refractivity contribution in [3.05, 3.63) is 29.9 Å². The summed E-state index contributed by atoms with van der Waals surface area (Å²) in [6.07, 6.45) is 5.27. The molecule has 5 rings (SSSR count). The molecule has 1 saturated heterocycles. The van der Waals surface area contributed by atoms with E-state index in [9.17, 15) is 13.2 Å². The Hall–Kier alpha value is -2.50. The van der Waals surface area contributed by atoms with Gasteiger partial charge in [0.2, 0.25) is 15.9 Å². The van der Waals surface area contributed by atoms with Gasteiger partial charge in [-0.1, -0.05) is 18.5 Å². The van der Waals surface area contributed by atoms with Crippen molar-refractivity contribution in [1.82, 2.24) is 19.8 Å². The summed E-state index contributed by atoms with van der Waals surface area (Å²) >= 11 is 0. The van der Waals surface area contributed by atoms with E-state index in [-0.39, 0.29) is 30.0 Å². The van der Waals surface area contributed by atoms with Crippen molar-refractivity contribution in [3.63, 3.8) is 0 Å². The monoisotopic (exact) mass is 475 g/mol. The van der Waals surface area contributed by atoms with Crippen LogP contribution in [0.5, 0.6) is 5.75 Å². The zero-order valence-electron chi connectivity index (χ0n) is 18.7. The number of nitrogens with one attached hydrogen (secondary N) is 1. The number of aromatic nitrogens is 2. The van der Waals surface area contributed by atoms with Crippen LogP contribution in [0.3, 0.4) is 0 Å². The number of benzene rings is 1. The van der Waals surface area contributed by atoms with Crippen LogP contribution in [0.25, 0.3) is 0 Å². The molecule has 1 aromatic carbocycles. The van der Waals surface area contributed by atoms with Gasteiger partial charge < -0.3 is 9.26 Å². The lowest BCUT2D eigenvalue weighted by Gasteiger charge is -2.29. The van der Waals surface area contributed by atoms with Gasteiger partial charge in [-0.15, -0.1) is 0 Å². The van der Waals surface area contributed by atoms with Crippen LogP contribution >= 0.6 is 0 Å². The summed E-state index contributed by atoms with van der Waals surface area (Å²) in [6, 6.07) is 4.78. The molecular weight excluding hydrogens is 446 g/mol. The van der Waals surface area contributed by atoms with Crippen molar-refractivity contribution in [2.75, 3.05) is 31.1 Å². The van der Waals surface area contributed by atoms with Crippen LogP contribution in [0.4, 0.5) is 5.69 Å². The number of likely N-dealkylation sites (N-methyl/N-ethyl adjacent to an activating group) is 1. The molecule has 0 bridgehead atoms. The number of rotatable bonds is 8. The van der Waals surface area contributed by atoms with E-state index in [2.05, 4.69) is 26.7 Å². The third kappa shape index (κ3) is 4.49. The molecule has 2 aliphatic heterocycles. The zero-order valence-corrected chi connectivity index (χ0v) is 19.5. The zero-order chi connectivity index (χ0) is 23.0. The molecule has 10 nitrogen and oxygen atoms in total. The average molecular weight is 476 g/mol. The molecule has 1 aromatic heterocycles. The molecular formula is C22H29N5O5S. The van der Waals surface area contributed by atoms with Crippen molar-refractivity contribution in [1.29, 1.82) is 0 Å². The fourth-order valence-electron chi connectivity index (χ4n) is 4.65. The first-order valence-corrected chi connectivity index (χ1v) is 13.1. The summed E-state index contributed by atoms with van der Waals surface area (Å²) in [6.45, 7) is 4.31. The molecule has 1 aliphatic carbocycles. The first-order chi connectivity index (χ1) is 15.9. The van der Waals surface area contributed by atoms with Gasteiger partial charge in [-0.3, -0.25) is 14.6 Å². The van der Waals surface area contributed by atoms with E-state index in [4.69, 9.17) is 9.26 Å². The van der Waals surface area contributed by atoms with Gasteiger partial charge in [-0.05, 0) is 57.0 Å². The molecule has 33 heavy (non-hydrogen) atoms. The highest BCUT2D eigenvalue weighted by molar-refractivity contribution is 7.89. The molecule has 2 fully saturated rings. The second-order valence-electron chi connectivity index (χ2n) is 8.85. The minimum atomic E-state index is -3.75. The maximum Gasteiger partial charge on any atom is 0.265 e. The Morgan fingerprint density at radius 3 is 2.82 bits per heavy atom. The molecule has 1 saturated carbocycles. The molecule has 0 spiro atoms. The maximum absolute atomic E-state index is 13.0. The van der Waals surface area contributed by atoms with Gasteiger partial charge in [-0.25, -0.2) is 13.1 Å². The molecule has 3 heterocycles. The predicted octanol–water partition coefficient (Wildman–Crippen LogP) is 2.03. The number of carbonyl (C=O) groups is 1. The molecule has 3 aliphatic rings. The van der Waals surface area contributed by atoms with Gasteiger partial charge in [0.1, 0.15) is 5.75 Å². The lowest BCUT2D eigenvalue weighted by atomic mass is 9.85. The first kappa shape index (κ1) is 22.3. The number of fused-ring (bicyclic) bond motifs is 1. The summed E-state index contributed by atoms with van der Waals surface area (Å²) in [5, 5.41) is 4.02. The largest absolute Gasteiger partial charge is 0.482 e. The Kier molecular flexibility index (Phi) is 6.11. The molecule has 178 valence electrons. The average Bonchev–Trinajstić information content (AvgIpc) is 3.42. The summed E-state index contributed by atoms with van der Waals surface area (Å²) < 4.78 is 39.7. The minimum Gasteiger partial charge on any atom is -0.482 e. The highest BCUT2D eigenvalue weighted by Crippen LogP contribution is 2.37. The normalized spacial score (nSPS) is 21.7. The first-order valence-electron chi connectivity index (χ1n) is 11.6. The van der Waals surface area contributed by atoms with Crippen molar-refractivity contribution >= 4 is 21.6 Å². The van der Waals surface area contributed by atoms with Gasteiger partial charge >= 0.3 is 0 Å². The predicted molar refractivity (Wildman–Crippen MR) is 119 cm³/mol. The Morgan fingerprint density at radius 2 is 2.06 bits per heavy atom. The van der Waals surface area contributed by atoms with Crippen LogP contribution in [0.2, 0.25) is 0 Å². The van der Waals surface area contributed by atoms with Crippen molar-refractivity contribution in [3.8, 4) is 5.75 Å². The number of hydrogen-bond donors (Lipinski definition) is 1. The summed E-state index contributed by atoms with van der Waals surface area (Å²) in [7, 11) is -3.75. The standard InChI is InChI=1S/C22H29N5O5S/c1-2-26-10-4-7-16(26)12-23-33(29,30)17-8-9-19-18(11-17)27(21(28)14-31-19)13-20-24-22(32-25-20)15-5-3-6-15/h8-9,11,15-16,23H,2-7,10,12-14H2,1H3/t16-/m0/s1. The van der Waals surface area contributed by atoms with E-state index < -0.39 is 10.0 Å². The number of sulfonamides is 1. The molecule has 0 radical (unpaired) electrons. The quantitative estimate of drug-likeness (QED) is 0.616. The second kappa shape index (κ2) is 9.03. The molecule has 1 amide bonds. The third-order valence-electron chi connectivity index (χ3n) is 6.84. The van der Waals surface area contributed by atoms with E-state index in [1.165, 1.54) is 17.0 Å². The van der Waals surface area contributed by atoms with Crippen molar-refractivity contribution in [2.24, 2.45) is 0 Å². The number of carbonyl (C=O) groups excluding carboxylic acids is 1. The van der Waals surface area contributed by atoms with Crippen LogP contribution in [0, 0.1) is 0 Å². The van der Waals surface area contributed by atoms with E-state index in [0.29, 0.717) is 35.6 Å². The fourth-order valence-corrected chi connectivity index (χ4v) is 5.74. The molecule has 1 N–H and O–H groups in total. The fraction of sp³-hybridized carbons (Fsp3) is 0.591. The Morgan fingerprint density at radius 1 is 1.21 bits per heavy atom. The highest BCUT2D eigenvalue weighted by Gasteiger charge is 2.31. The van der Waals surface area contributed by atoms with Gasteiger partial charge in [0.15, 0.2) is 12.4 Å². The van der Waals surface area contributed by atoms with E-state index >= 15 is 0 Å².